The molecule has 1 amide bonds. The quantitative estimate of drug-likeness (QED) is 0.398. The Hall–Kier alpha value is -3.46. The molecule has 1 fully saturated rings. The van der Waals surface area contributed by atoms with Gasteiger partial charge in [0.2, 0.25) is 0 Å². The molecule has 0 bridgehead atoms. The number of hydrogen-bond donors (Lipinski definition) is 3. The Bertz CT molecular complexity index is 1250. The van der Waals surface area contributed by atoms with Gasteiger partial charge in [-0.15, -0.1) is 0 Å². The van der Waals surface area contributed by atoms with Crippen LogP contribution in [0.2, 0.25) is 0 Å². The molecule has 1 unspecified atom stereocenters. The molecule has 9 heteroatoms. The number of amides is 1. The third-order valence-electron chi connectivity index (χ3n) is 7.35. The average molecular weight is 492 g/mol. The van der Waals surface area contributed by atoms with Gasteiger partial charge >= 0.3 is 5.97 Å². The molecule has 36 heavy (non-hydrogen) atoms. The van der Waals surface area contributed by atoms with Gasteiger partial charge in [-0.3, -0.25) is 9.48 Å². The predicted molar refractivity (Wildman–Crippen MR) is 136 cm³/mol. The Labute approximate surface area is 210 Å². The van der Waals surface area contributed by atoms with E-state index >= 15 is 0 Å². The van der Waals surface area contributed by atoms with Gasteiger partial charge < -0.3 is 20.5 Å². The molecule has 0 radical (unpaired) electrons. The van der Waals surface area contributed by atoms with E-state index in [9.17, 15) is 14.7 Å². The number of rotatable bonds is 10. The van der Waals surface area contributed by atoms with Crippen molar-refractivity contribution in [2.75, 3.05) is 18.5 Å². The number of nitrogens with zero attached hydrogens (tertiary/aromatic N) is 3. The van der Waals surface area contributed by atoms with Crippen molar-refractivity contribution in [1.29, 1.82) is 0 Å². The number of hydrogen-bond acceptors (Lipinski definition) is 6. The number of carboxylic acid groups (broad SMARTS) is 1. The zero-order valence-corrected chi connectivity index (χ0v) is 20.6. The molecule has 1 saturated carbocycles. The number of anilines is 1. The first kappa shape index (κ1) is 24.2. The molecule has 2 aliphatic rings. The first-order valence-electron chi connectivity index (χ1n) is 12.8. The maximum atomic E-state index is 12.8. The number of ether oxygens (including phenoxy) is 1. The van der Waals surface area contributed by atoms with E-state index in [0.717, 1.165) is 55.7 Å². The molecule has 1 aliphatic heterocycles. The number of aliphatic carboxylic acids is 1. The van der Waals surface area contributed by atoms with E-state index in [1.165, 1.54) is 12.0 Å². The monoisotopic (exact) mass is 491 g/mol. The van der Waals surface area contributed by atoms with E-state index in [0.29, 0.717) is 23.5 Å². The van der Waals surface area contributed by atoms with E-state index in [-0.39, 0.29) is 12.5 Å². The standard InChI is InChI=1S/C27H33N5O4/c1-32-24-6-2-5-21(22(24)16-29-32)26(33)31-23(27(34)35)11-13-36-20-14-17(15-20)7-9-19-10-8-18-4-3-12-28-25(18)30-19/h2,5-6,8,10,16-17,20,23H,3-4,7,9,11-15H2,1H3,(H,28,30)(H,31,33)(H,34,35). The van der Waals surface area contributed by atoms with Crippen LogP contribution in [0.1, 0.15) is 53.7 Å². The van der Waals surface area contributed by atoms with Crippen LogP contribution in [0.15, 0.2) is 36.5 Å². The lowest BCUT2D eigenvalue weighted by molar-refractivity contribution is -0.140. The third kappa shape index (κ3) is 5.36. The fourth-order valence-electron chi connectivity index (χ4n) is 5.13. The van der Waals surface area contributed by atoms with Crippen molar-refractivity contribution in [3.63, 3.8) is 0 Å². The molecule has 3 heterocycles. The summed E-state index contributed by atoms with van der Waals surface area (Å²) < 4.78 is 7.60. The molecule has 2 aromatic heterocycles. The Morgan fingerprint density at radius 1 is 1.28 bits per heavy atom. The summed E-state index contributed by atoms with van der Waals surface area (Å²) in [6.07, 6.45) is 8.27. The first-order chi connectivity index (χ1) is 17.5. The molecule has 0 saturated heterocycles. The number of carboxylic acids is 1. The molecule has 1 atom stereocenters. The van der Waals surface area contributed by atoms with Gasteiger partial charge in [-0.1, -0.05) is 12.1 Å². The van der Waals surface area contributed by atoms with Crippen LogP contribution in [0.3, 0.4) is 0 Å². The fraction of sp³-hybridized carbons (Fsp3) is 0.481. The molecule has 5 rings (SSSR count). The Kier molecular flexibility index (Phi) is 7.18. The summed E-state index contributed by atoms with van der Waals surface area (Å²) in [5.41, 5.74) is 3.68. The summed E-state index contributed by atoms with van der Waals surface area (Å²) in [4.78, 5) is 29.3. The van der Waals surface area contributed by atoms with Crippen LogP contribution in [-0.2, 0) is 29.4 Å². The van der Waals surface area contributed by atoms with Crippen LogP contribution in [-0.4, -0.2) is 57.0 Å². The average Bonchev–Trinajstić information content (AvgIpc) is 3.24. The highest BCUT2D eigenvalue weighted by Gasteiger charge is 2.30. The summed E-state index contributed by atoms with van der Waals surface area (Å²) in [5.74, 6) is 0.168. The van der Waals surface area contributed by atoms with Crippen molar-refractivity contribution in [3.8, 4) is 0 Å². The molecule has 3 aromatic rings. The maximum Gasteiger partial charge on any atom is 0.326 e. The normalized spacial score (nSPS) is 19.7. The van der Waals surface area contributed by atoms with E-state index in [1.807, 2.05) is 6.07 Å². The Morgan fingerprint density at radius 2 is 2.14 bits per heavy atom. The van der Waals surface area contributed by atoms with E-state index in [2.05, 4.69) is 27.9 Å². The lowest BCUT2D eigenvalue weighted by Crippen LogP contribution is -2.42. The molecule has 1 aromatic carbocycles. The Morgan fingerprint density at radius 3 is 2.97 bits per heavy atom. The number of benzene rings is 1. The lowest BCUT2D eigenvalue weighted by Gasteiger charge is -2.35. The highest BCUT2D eigenvalue weighted by atomic mass is 16.5. The highest BCUT2D eigenvalue weighted by molar-refractivity contribution is 6.07. The van der Waals surface area contributed by atoms with Gasteiger partial charge in [-0.25, -0.2) is 9.78 Å². The number of carbonyl (C=O) groups excluding carboxylic acids is 1. The van der Waals surface area contributed by atoms with Crippen molar-refractivity contribution in [1.82, 2.24) is 20.1 Å². The van der Waals surface area contributed by atoms with Gasteiger partial charge in [-0.2, -0.15) is 5.10 Å². The second kappa shape index (κ2) is 10.7. The van der Waals surface area contributed by atoms with E-state index in [4.69, 9.17) is 9.72 Å². The Balaban J connectivity index is 1.04. The van der Waals surface area contributed by atoms with Crippen molar-refractivity contribution < 1.29 is 19.4 Å². The van der Waals surface area contributed by atoms with Crippen LogP contribution in [0.5, 0.6) is 0 Å². The van der Waals surface area contributed by atoms with E-state index < -0.39 is 17.9 Å². The second-order valence-electron chi connectivity index (χ2n) is 9.87. The second-order valence-corrected chi connectivity index (χ2v) is 9.87. The molecular formula is C27H33N5O4. The molecule has 190 valence electrons. The number of nitrogens with one attached hydrogen (secondary N) is 2. The van der Waals surface area contributed by atoms with Crippen LogP contribution in [0, 0.1) is 5.92 Å². The topological polar surface area (TPSA) is 118 Å². The molecular weight excluding hydrogens is 458 g/mol. The van der Waals surface area contributed by atoms with Crippen LogP contribution in [0.25, 0.3) is 10.9 Å². The van der Waals surface area contributed by atoms with Gasteiger partial charge in [0, 0.05) is 37.7 Å². The van der Waals surface area contributed by atoms with Crippen molar-refractivity contribution >= 4 is 28.6 Å². The number of fused-ring (bicyclic) bond motifs is 2. The van der Waals surface area contributed by atoms with Crippen molar-refractivity contribution in [2.45, 2.75) is 57.1 Å². The zero-order chi connectivity index (χ0) is 25.1. The van der Waals surface area contributed by atoms with Gasteiger partial charge in [0.1, 0.15) is 11.9 Å². The third-order valence-corrected chi connectivity index (χ3v) is 7.35. The minimum atomic E-state index is -1.07. The molecule has 0 spiro atoms. The van der Waals surface area contributed by atoms with Gasteiger partial charge in [0.25, 0.3) is 5.91 Å². The molecule has 1 aliphatic carbocycles. The number of aromatic nitrogens is 3. The minimum absolute atomic E-state index is 0.155. The SMILES string of the molecule is Cn1ncc2c(C(=O)NC(CCOC3CC(CCc4ccc5c(n4)NCCC5)C3)C(=O)O)cccc21. The zero-order valence-electron chi connectivity index (χ0n) is 20.6. The maximum absolute atomic E-state index is 12.8. The number of pyridine rings is 1. The largest absolute Gasteiger partial charge is 0.480 e. The molecule has 9 nitrogen and oxygen atoms in total. The van der Waals surface area contributed by atoms with Crippen LogP contribution in [0.4, 0.5) is 5.82 Å². The smallest absolute Gasteiger partial charge is 0.326 e. The summed E-state index contributed by atoms with van der Waals surface area (Å²) >= 11 is 0. The molecule has 3 N–H and O–H groups in total. The summed E-state index contributed by atoms with van der Waals surface area (Å²) in [6, 6.07) is 8.65. The van der Waals surface area contributed by atoms with Crippen LogP contribution < -0.4 is 10.6 Å². The predicted octanol–water partition coefficient (Wildman–Crippen LogP) is 3.33. The van der Waals surface area contributed by atoms with E-state index in [1.54, 1.807) is 30.1 Å². The fourth-order valence-corrected chi connectivity index (χ4v) is 5.13. The van der Waals surface area contributed by atoms with Gasteiger partial charge in [0.15, 0.2) is 0 Å². The number of carbonyl (C=O) groups is 2. The minimum Gasteiger partial charge on any atom is -0.480 e. The van der Waals surface area contributed by atoms with Crippen LogP contribution >= 0.6 is 0 Å². The summed E-state index contributed by atoms with van der Waals surface area (Å²) in [5, 5.41) is 20.5. The lowest BCUT2D eigenvalue weighted by atomic mass is 9.79. The summed E-state index contributed by atoms with van der Waals surface area (Å²) in [7, 11) is 1.80. The van der Waals surface area contributed by atoms with Crippen molar-refractivity contribution in [3.05, 3.63) is 53.3 Å². The van der Waals surface area contributed by atoms with Gasteiger partial charge in [-0.05, 0) is 68.2 Å². The summed E-state index contributed by atoms with van der Waals surface area (Å²) in [6.45, 7) is 1.29. The van der Waals surface area contributed by atoms with Crippen molar-refractivity contribution in [2.24, 2.45) is 13.0 Å². The number of aryl methyl sites for hydroxylation is 3. The first-order valence-corrected chi connectivity index (χ1v) is 12.8. The van der Waals surface area contributed by atoms with Gasteiger partial charge in [0.05, 0.1) is 23.4 Å². The highest BCUT2D eigenvalue weighted by Crippen LogP contribution is 2.34.